The van der Waals surface area contributed by atoms with E-state index in [-0.39, 0.29) is 43.8 Å². The molecule has 32 heavy (non-hydrogen) atoms. The fourth-order valence-corrected chi connectivity index (χ4v) is 3.86. The Balaban J connectivity index is 1.19. The van der Waals surface area contributed by atoms with E-state index in [0.717, 1.165) is 0 Å². The Morgan fingerprint density at radius 3 is 2.28 bits per heavy atom. The molecule has 0 bridgehead atoms. The molecule has 0 spiro atoms. The van der Waals surface area contributed by atoms with Crippen LogP contribution in [0.5, 0.6) is 5.75 Å². The zero-order valence-electron chi connectivity index (χ0n) is 17.8. The number of amides is 3. The van der Waals surface area contributed by atoms with Crippen molar-refractivity contribution in [2.24, 2.45) is 0 Å². The van der Waals surface area contributed by atoms with E-state index in [1.54, 1.807) is 48.2 Å². The van der Waals surface area contributed by atoms with E-state index in [9.17, 15) is 19.2 Å². The lowest BCUT2D eigenvalue weighted by atomic mass is 10.1. The highest BCUT2D eigenvalue weighted by Gasteiger charge is 2.34. The van der Waals surface area contributed by atoms with Crippen LogP contribution in [0.25, 0.3) is 0 Å². The molecule has 1 unspecified atom stereocenters. The number of carbonyl (C=O) groups excluding carboxylic acids is 4. The lowest BCUT2D eigenvalue weighted by Gasteiger charge is -2.32. The number of hydrogen-bond donors (Lipinski definition) is 0. The first-order valence-corrected chi connectivity index (χ1v) is 10.7. The summed E-state index contributed by atoms with van der Waals surface area (Å²) in [5.74, 6) is -0.562. The summed E-state index contributed by atoms with van der Waals surface area (Å²) >= 11 is 0. The van der Waals surface area contributed by atoms with Crippen LogP contribution in [0.15, 0.2) is 48.5 Å². The average molecular weight is 436 g/mol. The molecule has 2 heterocycles. The number of benzene rings is 2. The third-order valence-corrected chi connectivity index (χ3v) is 5.53. The zero-order valence-corrected chi connectivity index (χ0v) is 17.8. The van der Waals surface area contributed by atoms with Gasteiger partial charge >= 0.3 is 5.97 Å². The van der Waals surface area contributed by atoms with Gasteiger partial charge in [-0.25, -0.2) is 0 Å². The van der Waals surface area contributed by atoms with Crippen LogP contribution in [0.2, 0.25) is 0 Å². The van der Waals surface area contributed by atoms with Crippen molar-refractivity contribution in [3.8, 4) is 5.75 Å². The molecular formula is C24H24N2O6. The average Bonchev–Trinajstić information content (AvgIpc) is 3.04. The normalized spacial score (nSPS) is 17.2. The number of fused-ring (bicyclic) bond motifs is 2. The molecule has 0 fully saturated rings. The first kappa shape index (κ1) is 21.5. The Morgan fingerprint density at radius 2 is 1.56 bits per heavy atom. The molecule has 8 heteroatoms. The minimum atomic E-state index is -0.608. The summed E-state index contributed by atoms with van der Waals surface area (Å²) in [5.41, 5.74) is 1.50. The van der Waals surface area contributed by atoms with E-state index in [1.807, 2.05) is 12.1 Å². The smallest absolute Gasteiger partial charge is 0.307 e. The Labute approximate surface area is 185 Å². The molecule has 4 rings (SSSR count). The fourth-order valence-electron chi connectivity index (χ4n) is 3.86. The lowest BCUT2D eigenvalue weighted by molar-refractivity contribution is -0.143. The molecule has 2 aliphatic rings. The minimum Gasteiger partial charge on any atom is -0.479 e. The predicted molar refractivity (Wildman–Crippen MR) is 116 cm³/mol. The molecular weight excluding hydrogens is 412 g/mol. The molecule has 1 atom stereocenters. The number of esters is 1. The third-order valence-electron chi connectivity index (χ3n) is 5.53. The molecule has 166 valence electrons. The van der Waals surface area contributed by atoms with Crippen molar-refractivity contribution in [2.75, 3.05) is 24.6 Å². The predicted octanol–water partition coefficient (Wildman–Crippen LogP) is 2.81. The van der Waals surface area contributed by atoms with E-state index < -0.39 is 12.1 Å². The molecule has 0 aromatic heterocycles. The van der Waals surface area contributed by atoms with Crippen LogP contribution in [-0.2, 0) is 14.3 Å². The highest BCUT2D eigenvalue weighted by Crippen LogP contribution is 2.33. The van der Waals surface area contributed by atoms with Gasteiger partial charge < -0.3 is 14.4 Å². The molecule has 0 aliphatic carbocycles. The fraction of sp³-hybridized carbons (Fsp3) is 0.333. The van der Waals surface area contributed by atoms with Gasteiger partial charge in [-0.1, -0.05) is 24.3 Å². The second-order valence-electron chi connectivity index (χ2n) is 7.70. The van der Waals surface area contributed by atoms with Crippen LogP contribution in [0.4, 0.5) is 5.69 Å². The molecule has 0 N–H and O–H groups in total. The van der Waals surface area contributed by atoms with Gasteiger partial charge in [-0.3, -0.25) is 24.1 Å². The summed E-state index contributed by atoms with van der Waals surface area (Å²) in [6.45, 7) is 2.35. The first-order valence-electron chi connectivity index (χ1n) is 10.7. The van der Waals surface area contributed by atoms with Crippen molar-refractivity contribution in [3.63, 3.8) is 0 Å². The number of hydrogen-bond acceptors (Lipinski definition) is 6. The van der Waals surface area contributed by atoms with Gasteiger partial charge in [0, 0.05) is 13.1 Å². The van der Waals surface area contributed by atoms with Crippen molar-refractivity contribution in [1.29, 1.82) is 0 Å². The van der Waals surface area contributed by atoms with E-state index in [2.05, 4.69) is 0 Å². The minimum absolute atomic E-state index is 0.0607. The van der Waals surface area contributed by atoms with Crippen LogP contribution < -0.4 is 9.64 Å². The monoisotopic (exact) mass is 436 g/mol. The van der Waals surface area contributed by atoms with Gasteiger partial charge in [0.1, 0.15) is 5.75 Å². The van der Waals surface area contributed by atoms with Crippen LogP contribution in [0.1, 0.15) is 46.9 Å². The third kappa shape index (κ3) is 4.21. The number of carbonyl (C=O) groups is 4. The second-order valence-corrected chi connectivity index (χ2v) is 7.70. The molecule has 2 aromatic rings. The number of para-hydroxylation sites is 2. The van der Waals surface area contributed by atoms with Gasteiger partial charge in [-0.05, 0) is 44.0 Å². The second kappa shape index (κ2) is 9.21. The van der Waals surface area contributed by atoms with Crippen LogP contribution in [0, 0.1) is 0 Å². The summed E-state index contributed by atoms with van der Waals surface area (Å²) in [5, 5.41) is 0. The van der Waals surface area contributed by atoms with E-state index in [4.69, 9.17) is 9.47 Å². The van der Waals surface area contributed by atoms with Crippen molar-refractivity contribution < 1.29 is 28.7 Å². The summed E-state index contributed by atoms with van der Waals surface area (Å²) in [4.78, 5) is 52.0. The van der Waals surface area contributed by atoms with Crippen LogP contribution in [-0.4, -0.2) is 54.4 Å². The van der Waals surface area contributed by atoms with Gasteiger partial charge in [0.25, 0.3) is 17.7 Å². The maximum Gasteiger partial charge on any atom is 0.307 e. The quantitative estimate of drug-likeness (QED) is 0.359. The molecule has 2 aliphatic heterocycles. The summed E-state index contributed by atoms with van der Waals surface area (Å²) < 4.78 is 10.9. The molecule has 0 saturated carbocycles. The maximum absolute atomic E-state index is 12.4. The maximum atomic E-state index is 12.4. The van der Waals surface area contributed by atoms with Gasteiger partial charge in [0.05, 0.1) is 29.8 Å². The number of imide groups is 1. The number of ether oxygens (including phenoxy) is 2. The van der Waals surface area contributed by atoms with Gasteiger partial charge in [0.15, 0.2) is 6.10 Å². The highest BCUT2D eigenvalue weighted by atomic mass is 16.5. The molecule has 2 aromatic carbocycles. The van der Waals surface area contributed by atoms with Gasteiger partial charge in [0.2, 0.25) is 0 Å². The molecule has 0 saturated heterocycles. The van der Waals surface area contributed by atoms with Crippen LogP contribution in [0.3, 0.4) is 0 Å². The van der Waals surface area contributed by atoms with Crippen molar-refractivity contribution in [2.45, 2.75) is 32.3 Å². The summed E-state index contributed by atoms with van der Waals surface area (Å²) in [6.07, 6.45) is 0.509. The zero-order chi connectivity index (χ0) is 22.7. The lowest BCUT2D eigenvalue weighted by Crippen LogP contribution is -2.45. The Bertz CT molecular complexity index is 1030. The van der Waals surface area contributed by atoms with E-state index in [0.29, 0.717) is 35.4 Å². The number of anilines is 1. The molecule has 8 nitrogen and oxygen atoms in total. The molecule has 0 radical (unpaired) electrons. The highest BCUT2D eigenvalue weighted by molar-refractivity contribution is 6.21. The number of unbranched alkanes of at least 4 members (excludes halogenated alkanes) is 1. The van der Waals surface area contributed by atoms with E-state index >= 15 is 0 Å². The van der Waals surface area contributed by atoms with Crippen molar-refractivity contribution >= 4 is 29.4 Å². The van der Waals surface area contributed by atoms with Crippen LogP contribution >= 0.6 is 0 Å². The summed E-state index contributed by atoms with van der Waals surface area (Å²) in [6, 6.07) is 14.0. The van der Waals surface area contributed by atoms with Crippen molar-refractivity contribution in [3.05, 3.63) is 59.7 Å². The van der Waals surface area contributed by atoms with Gasteiger partial charge in [-0.2, -0.15) is 0 Å². The van der Waals surface area contributed by atoms with E-state index in [1.165, 1.54) is 4.90 Å². The SMILES string of the molecule is CC1Oc2ccccc2N(CCC(=O)OCCCCN2C(=O)c3ccccc3C2=O)C1=O. The van der Waals surface area contributed by atoms with Crippen molar-refractivity contribution in [1.82, 2.24) is 4.90 Å². The topological polar surface area (TPSA) is 93.2 Å². The first-order chi connectivity index (χ1) is 15.5. The Kier molecular flexibility index (Phi) is 6.20. The summed E-state index contributed by atoms with van der Waals surface area (Å²) in [7, 11) is 0. The Morgan fingerprint density at radius 1 is 0.906 bits per heavy atom. The van der Waals surface area contributed by atoms with Gasteiger partial charge in [-0.15, -0.1) is 0 Å². The Hall–Kier alpha value is -3.68. The number of rotatable bonds is 8. The standard InChI is InChI=1S/C24H24N2O6/c1-16-22(28)25(19-10-4-5-11-20(19)32-16)14-12-21(27)31-15-7-6-13-26-23(29)17-8-2-3-9-18(17)24(26)30/h2-5,8-11,16H,6-7,12-15H2,1H3. The molecule has 3 amide bonds. The largest absolute Gasteiger partial charge is 0.479 e. The number of nitrogens with zero attached hydrogens (tertiary/aromatic N) is 2.